The van der Waals surface area contributed by atoms with Crippen molar-refractivity contribution < 1.29 is 42.1 Å². The van der Waals surface area contributed by atoms with Crippen LogP contribution in [0.3, 0.4) is 0 Å². The molecule has 0 aliphatic heterocycles. The third-order valence-corrected chi connectivity index (χ3v) is 16.4. The highest BCUT2D eigenvalue weighted by atomic mass is 31.2. The molecule has 0 fully saturated rings. The predicted octanol–water partition coefficient (Wildman–Crippen LogP) is 23.2. The second-order valence-corrected chi connectivity index (χ2v) is 26.6. The topological polar surface area (TPSA) is 111 Å². The second kappa shape index (κ2) is 67.8. The average molecular weight is 1250 g/mol. The summed E-state index contributed by atoms with van der Waals surface area (Å²) in [5, 5.41) is 0. The normalized spacial score (nSPS) is 13.8. The van der Waals surface area contributed by atoms with Crippen molar-refractivity contribution in [3.63, 3.8) is 0 Å². The Labute approximate surface area is 543 Å². The van der Waals surface area contributed by atoms with Gasteiger partial charge in [0.1, 0.15) is 19.8 Å². The third kappa shape index (κ3) is 71.5. The molecule has 0 aliphatic carbocycles. The van der Waals surface area contributed by atoms with Crippen molar-refractivity contribution in [3.8, 4) is 0 Å². The van der Waals surface area contributed by atoms with Crippen molar-refractivity contribution in [1.29, 1.82) is 0 Å². The molecule has 2 atom stereocenters. The number of phosphoric acid groups is 1. The number of unbranched alkanes of at least 4 members (excludes halogenated alkanes) is 32. The van der Waals surface area contributed by atoms with E-state index in [1.54, 1.807) is 0 Å². The molecule has 0 saturated heterocycles. The lowest BCUT2D eigenvalue weighted by atomic mass is 10.0. The molecule has 0 N–H and O–H groups in total. The SMILES string of the molecule is CC/C=C\C/C=C\C/C=C\C/C=C\C/C=C\CCCCCCCCCCCCCCCCCCCC(=O)OC(COC(=O)CCCCCCCCCCCCCCCCC/C=C\C/C=C\C/C=C\C/C=C\C/C=C\CC)COP(=O)([O-])OCC[N+](C)(C)C. The van der Waals surface area contributed by atoms with E-state index in [2.05, 4.69) is 135 Å². The number of quaternary nitrogens is 1. The maximum atomic E-state index is 12.9. The molecule has 0 rings (SSSR count). The molecule has 10 heteroatoms. The first-order chi connectivity index (χ1) is 43.0. The second-order valence-electron chi connectivity index (χ2n) is 25.2. The van der Waals surface area contributed by atoms with Crippen molar-refractivity contribution in [2.24, 2.45) is 0 Å². The summed E-state index contributed by atoms with van der Waals surface area (Å²) in [6.45, 7) is 4.04. The largest absolute Gasteiger partial charge is 0.756 e. The number of phosphoric ester groups is 1. The molecule has 506 valence electrons. The molecule has 0 heterocycles. The number of likely N-dealkylation sites (N-methyl/N-ethyl adjacent to an activating group) is 1. The zero-order valence-corrected chi connectivity index (χ0v) is 58.5. The molecule has 0 aliphatic rings. The molecular weight excluding hydrogens is 1110 g/mol. The summed E-state index contributed by atoms with van der Waals surface area (Å²) in [5.41, 5.74) is 0. The van der Waals surface area contributed by atoms with Gasteiger partial charge in [-0.25, -0.2) is 0 Å². The fourth-order valence-electron chi connectivity index (χ4n) is 10.0. The number of carbonyl (C=O) groups excluding carboxylic acids is 2. The maximum Gasteiger partial charge on any atom is 0.306 e. The van der Waals surface area contributed by atoms with E-state index in [0.29, 0.717) is 17.4 Å². The van der Waals surface area contributed by atoms with Gasteiger partial charge < -0.3 is 27.9 Å². The highest BCUT2D eigenvalue weighted by Crippen LogP contribution is 2.38. The average Bonchev–Trinajstić information content (AvgIpc) is 3.56. The monoisotopic (exact) mass is 1250 g/mol. The third-order valence-electron chi connectivity index (χ3n) is 15.5. The van der Waals surface area contributed by atoms with Crippen LogP contribution in [0.5, 0.6) is 0 Å². The Morgan fingerprint density at radius 2 is 0.614 bits per heavy atom. The minimum absolute atomic E-state index is 0.0337. The van der Waals surface area contributed by atoms with E-state index >= 15 is 0 Å². The van der Waals surface area contributed by atoms with Gasteiger partial charge >= 0.3 is 11.9 Å². The van der Waals surface area contributed by atoms with Gasteiger partial charge in [0, 0.05) is 12.8 Å². The number of hydrogen-bond acceptors (Lipinski definition) is 8. The van der Waals surface area contributed by atoms with E-state index in [9.17, 15) is 19.0 Å². The molecule has 0 radical (unpaired) electrons. The smallest absolute Gasteiger partial charge is 0.306 e. The fourth-order valence-corrected chi connectivity index (χ4v) is 10.7. The van der Waals surface area contributed by atoms with Crippen LogP contribution in [0.2, 0.25) is 0 Å². The van der Waals surface area contributed by atoms with E-state index in [0.717, 1.165) is 103 Å². The summed E-state index contributed by atoms with van der Waals surface area (Å²) in [6.07, 6.45) is 97.1. The van der Waals surface area contributed by atoms with Crippen molar-refractivity contribution in [1.82, 2.24) is 0 Å². The van der Waals surface area contributed by atoms with E-state index in [4.69, 9.17) is 18.5 Å². The summed E-state index contributed by atoms with van der Waals surface area (Å²) in [6, 6.07) is 0. The van der Waals surface area contributed by atoms with Gasteiger partial charge in [0.2, 0.25) is 0 Å². The van der Waals surface area contributed by atoms with Gasteiger partial charge in [-0.1, -0.05) is 315 Å². The fraction of sp³-hybridized carbons (Fsp3) is 0.718. The standard InChI is InChI=1S/C78H136NO8P/c1-6-8-10-12-14-16-18-20-22-24-26-28-30-32-34-36-38-39-41-43-45-47-49-51-53-55-57-59-61-63-65-67-69-71-78(81)87-76(75-86-88(82,83)85-73-72-79(3,4)5)74-84-77(80)70-68-66-64-62-60-58-56-54-52-50-48-46-44-42-40-37-35-33-31-29-27-25-23-21-19-17-15-13-11-9-7-2/h8-11,14-17,20-23,26-29,32-35,76H,6-7,12-13,18-19,24-25,30-31,36-75H2,1-5H3/b10-8-,11-9-,16-14-,17-15-,22-20-,23-21-,28-26-,29-27-,34-32-,35-33-. The Bertz CT molecular complexity index is 1900. The first-order valence-electron chi connectivity index (χ1n) is 36.2. The van der Waals surface area contributed by atoms with E-state index in [-0.39, 0.29) is 32.0 Å². The molecule has 88 heavy (non-hydrogen) atoms. The van der Waals surface area contributed by atoms with E-state index in [1.165, 1.54) is 173 Å². The zero-order valence-electron chi connectivity index (χ0n) is 57.6. The first-order valence-corrected chi connectivity index (χ1v) is 37.7. The van der Waals surface area contributed by atoms with Crippen LogP contribution in [0.4, 0.5) is 0 Å². The van der Waals surface area contributed by atoms with Gasteiger partial charge in [-0.3, -0.25) is 14.2 Å². The molecule has 0 spiro atoms. The van der Waals surface area contributed by atoms with Gasteiger partial charge in [-0.05, 0) is 103 Å². The summed E-state index contributed by atoms with van der Waals surface area (Å²) < 4.78 is 34.4. The number of rotatable bonds is 66. The van der Waals surface area contributed by atoms with Gasteiger partial charge in [0.15, 0.2) is 6.10 Å². The first kappa shape index (κ1) is 84.4. The Morgan fingerprint density at radius 1 is 0.352 bits per heavy atom. The van der Waals surface area contributed by atoms with E-state index in [1.807, 2.05) is 21.1 Å². The quantitative estimate of drug-likeness (QED) is 0.0195. The van der Waals surface area contributed by atoms with Crippen molar-refractivity contribution in [2.45, 2.75) is 315 Å². The predicted molar refractivity (Wildman–Crippen MR) is 378 cm³/mol. The number of nitrogens with zero attached hydrogens (tertiary/aromatic N) is 1. The lowest BCUT2D eigenvalue weighted by Crippen LogP contribution is -2.37. The molecule has 0 aromatic carbocycles. The van der Waals surface area contributed by atoms with Crippen molar-refractivity contribution in [2.75, 3.05) is 47.5 Å². The molecule has 0 aromatic rings. The minimum atomic E-state index is -4.65. The highest BCUT2D eigenvalue weighted by Gasteiger charge is 2.22. The Balaban J connectivity index is 4.02. The molecule has 0 bridgehead atoms. The van der Waals surface area contributed by atoms with Crippen LogP contribution in [-0.2, 0) is 32.7 Å². The number of esters is 2. The van der Waals surface area contributed by atoms with Crippen molar-refractivity contribution in [3.05, 3.63) is 122 Å². The van der Waals surface area contributed by atoms with Gasteiger partial charge in [0.25, 0.3) is 7.82 Å². The summed E-state index contributed by atoms with van der Waals surface area (Å²) >= 11 is 0. The number of carbonyl (C=O) groups is 2. The Morgan fingerprint density at radius 3 is 0.909 bits per heavy atom. The zero-order chi connectivity index (χ0) is 64.1. The molecule has 2 unspecified atom stereocenters. The number of allylic oxidation sites excluding steroid dienone is 20. The highest BCUT2D eigenvalue weighted by molar-refractivity contribution is 7.45. The molecule has 0 aromatic heterocycles. The lowest BCUT2D eigenvalue weighted by Gasteiger charge is -2.28. The van der Waals surface area contributed by atoms with Crippen LogP contribution < -0.4 is 4.89 Å². The van der Waals surface area contributed by atoms with Crippen LogP contribution in [0.15, 0.2) is 122 Å². The van der Waals surface area contributed by atoms with Crippen LogP contribution in [0, 0.1) is 0 Å². The molecule has 0 saturated carbocycles. The van der Waals surface area contributed by atoms with Crippen molar-refractivity contribution >= 4 is 19.8 Å². The number of ether oxygens (including phenoxy) is 2. The van der Waals surface area contributed by atoms with Gasteiger partial charge in [-0.2, -0.15) is 0 Å². The maximum absolute atomic E-state index is 12.9. The summed E-state index contributed by atoms with van der Waals surface area (Å²) in [4.78, 5) is 38.1. The van der Waals surface area contributed by atoms with Gasteiger partial charge in [-0.15, -0.1) is 0 Å². The van der Waals surface area contributed by atoms with Crippen LogP contribution in [0.1, 0.15) is 309 Å². The van der Waals surface area contributed by atoms with E-state index < -0.39 is 26.5 Å². The van der Waals surface area contributed by atoms with Crippen LogP contribution in [-0.4, -0.2) is 70.0 Å². The number of hydrogen-bond donors (Lipinski definition) is 0. The Kier molecular flexibility index (Phi) is 65.0. The molecule has 9 nitrogen and oxygen atoms in total. The summed E-state index contributed by atoms with van der Waals surface area (Å²) in [5.74, 6) is -0.827. The molecular formula is C78H136NO8P. The Hall–Kier alpha value is -3.59. The molecule has 0 amide bonds. The van der Waals surface area contributed by atoms with Crippen LogP contribution in [0.25, 0.3) is 0 Å². The minimum Gasteiger partial charge on any atom is -0.756 e. The summed E-state index contributed by atoms with van der Waals surface area (Å²) in [7, 11) is 1.17. The van der Waals surface area contributed by atoms with Gasteiger partial charge in [0.05, 0.1) is 27.7 Å². The lowest BCUT2D eigenvalue weighted by molar-refractivity contribution is -0.870. The van der Waals surface area contributed by atoms with Crippen LogP contribution >= 0.6 is 7.82 Å².